The molecule has 0 N–H and O–H groups in total. The summed E-state index contributed by atoms with van der Waals surface area (Å²) in [5.74, 6) is -0.170. The fraction of sp³-hybridized carbons (Fsp3) is 0.533. The molecule has 9 heteroatoms. The third kappa shape index (κ3) is 3.29. The maximum Gasteiger partial charge on any atom is 0.309 e. The number of carbonyl (C=O) groups is 1. The molecule has 0 spiro atoms. The molecule has 0 bridgehead atoms. The first kappa shape index (κ1) is 17.6. The molecular formula is C15H22N6O3. The van der Waals surface area contributed by atoms with Gasteiger partial charge >= 0.3 is 5.69 Å². The summed E-state index contributed by atoms with van der Waals surface area (Å²) in [6, 6.07) is -0.621. The lowest BCUT2D eigenvalue weighted by atomic mass is 10.2. The molecular weight excluding hydrogens is 312 g/mol. The second-order valence-electron chi connectivity index (χ2n) is 5.78. The monoisotopic (exact) mass is 334 g/mol. The Morgan fingerprint density at radius 2 is 2.12 bits per heavy atom. The smallest absolute Gasteiger partial charge is 0.309 e. The van der Waals surface area contributed by atoms with Crippen molar-refractivity contribution in [2.24, 2.45) is 0 Å². The lowest BCUT2D eigenvalue weighted by molar-refractivity contribution is -0.385. The molecule has 0 fully saturated rings. The first-order valence-corrected chi connectivity index (χ1v) is 7.72. The molecule has 2 aromatic rings. The van der Waals surface area contributed by atoms with Gasteiger partial charge < -0.3 is 4.90 Å². The zero-order chi connectivity index (χ0) is 18.0. The summed E-state index contributed by atoms with van der Waals surface area (Å²) < 4.78 is 3.21. The number of hydrogen-bond acceptors (Lipinski definition) is 5. The van der Waals surface area contributed by atoms with Crippen LogP contribution in [-0.4, -0.2) is 42.3 Å². The number of hydrogen-bond donors (Lipinski definition) is 0. The zero-order valence-corrected chi connectivity index (χ0v) is 14.6. The first-order chi connectivity index (χ1) is 11.3. The minimum absolute atomic E-state index is 0.0858. The molecule has 0 saturated heterocycles. The summed E-state index contributed by atoms with van der Waals surface area (Å²) in [6.07, 6.45) is 3.06. The lowest BCUT2D eigenvalue weighted by Crippen LogP contribution is -2.33. The van der Waals surface area contributed by atoms with Gasteiger partial charge in [0.15, 0.2) is 0 Å². The molecule has 0 aliphatic heterocycles. The fourth-order valence-corrected chi connectivity index (χ4v) is 2.57. The minimum atomic E-state index is -0.621. The second kappa shape index (κ2) is 6.81. The van der Waals surface area contributed by atoms with Gasteiger partial charge in [0.1, 0.15) is 17.9 Å². The van der Waals surface area contributed by atoms with E-state index in [9.17, 15) is 14.9 Å². The van der Waals surface area contributed by atoms with Gasteiger partial charge in [-0.15, -0.1) is 0 Å². The van der Waals surface area contributed by atoms with Gasteiger partial charge in [0.05, 0.1) is 11.1 Å². The topological polar surface area (TPSA) is 99.1 Å². The van der Waals surface area contributed by atoms with Gasteiger partial charge in [0.25, 0.3) is 0 Å². The van der Waals surface area contributed by atoms with Gasteiger partial charge in [0.2, 0.25) is 5.91 Å². The van der Waals surface area contributed by atoms with E-state index in [2.05, 4.69) is 10.2 Å². The van der Waals surface area contributed by atoms with E-state index in [-0.39, 0.29) is 11.6 Å². The number of rotatable bonds is 6. The van der Waals surface area contributed by atoms with E-state index in [0.29, 0.717) is 12.2 Å². The molecule has 0 aromatic carbocycles. The van der Waals surface area contributed by atoms with Crippen LogP contribution < -0.4 is 0 Å². The number of amides is 1. The van der Waals surface area contributed by atoms with Crippen LogP contribution in [0.3, 0.4) is 0 Å². The Balaban J connectivity index is 2.13. The van der Waals surface area contributed by atoms with Gasteiger partial charge in [-0.1, -0.05) is 0 Å². The average Bonchev–Trinajstić information content (AvgIpc) is 3.09. The first-order valence-electron chi connectivity index (χ1n) is 7.72. The molecule has 0 saturated carbocycles. The Hall–Kier alpha value is -2.71. The van der Waals surface area contributed by atoms with Crippen molar-refractivity contribution < 1.29 is 9.72 Å². The van der Waals surface area contributed by atoms with E-state index in [0.717, 1.165) is 17.8 Å². The highest BCUT2D eigenvalue weighted by atomic mass is 16.6. The summed E-state index contributed by atoms with van der Waals surface area (Å²) in [6.45, 7) is 8.41. The van der Waals surface area contributed by atoms with Crippen LogP contribution in [0.25, 0.3) is 0 Å². The molecule has 2 aromatic heterocycles. The highest BCUT2D eigenvalue weighted by Crippen LogP contribution is 2.20. The third-order valence-corrected chi connectivity index (χ3v) is 4.13. The number of carbonyl (C=O) groups excluding carboxylic acids is 1. The summed E-state index contributed by atoms with van der Waals surface area (Å²) >= 11 is 0. The van der Waals surface area contributed by atoms with Crippen molar-refractivity contribution in [1.82, 2.24) is 24.5 Å². The Labute approximate surface area is 140 Å². The van der Waals surface area contributed by atoms with Crippen molar-refractivity contribution in [2.75, 3.05) is 7.05 Å². The molecule has 24 heavy (non-hydrogen) atoms. The van der Waals surface area contributed by atoms with Crippen LogP contribution in [0.5, 0.6) is 0 Å². The second-order valence-corrected chi connectivity index (χ2v) is 5.78. The van der Waals surface area contributed by atoms with Gasteiger partial charge in [-0.25, -0.2) is 0 Å². The molecule has 0 unspecified atom stereocenters. The van der Waals surface area contributed by atoms with Crippen LogP contribution in [0.2, 0.25) is 0 Å². The molecule has 0 aliphatic carbocycles. The molecule has 0 aliphatic rings. The molecule has 130 valence electrons. The fourth-order valence-electron chi connectivity index (χ4n) is 2.57. The minimum Gasteiger partial charge on any atom is -0.339 e. The summed E-state index contributed by atoms with van der Waals surface area (Å²) in [7, 11) is 1.70. The average molecular weight is 334 g/mol. The van der Waals surface area contributed by atoms with Gasteiger partial charge in [-0.2, -0.15) is 10.2 Å². The third-order valence-electron chi connectivity index (χ3n) is 4.13. The van der Waals surface area contributed by atoms with E-state index >= 15 is 0 Å². The van der Waals surface area contributed by atoms with Crippen molar-refractivity contribution in [1.29, 1.82) is 0 Å². The number of likely N-dealkylation sites (N-methyl/N-ethyl adjacent to an activating group) is 1. The molecule has 9 nitrogen and oxygen atoms in total. The summed E-state index contributed by atoms with van der Waals surface area (Å²) in [5.41, 5.74) is 2.21. The largest absolute Gasteiger partial charge is 0.339 e. The maximum absolute atomic E-state index is 12.6. The van der Waals surface area contributed by atoms with Gasteiger partial charge in [-0.3, -0.25) is 24.3 Å². The van der Waals surface area contributed by atoms with Crippen LogP contribution in [0, 0.1) is 24.0 Å². The van der Waals surface area contributed by atoms with Crippen molar-refractivity contribution in [3.05, 3.63) is 39.5 Å². The SMILES string of the molecule is CCn1ncc(CN(C)C(=O)[C@H](C)n2cc([N+](=O)[O-])c(C)n2)c1C. The lowest BCUT2D eigenvalue weighted by Gasteiger charge is -2.21. The van der Waals surface area contributed by atoms with Gasteiger partial charge in [-0.05, 0) is 27.7 Å². The predicted octanol–water partition coefficient (Wildman–Crippen LogP) is 1.84. The zero-order valence-electron chi connectivity index (χ0n) is 14.6. The van der Waals surface area contributed by atoms with E-state index in [4.69, 9.17) is 0 Å². The van der Waals surface area contributed by atoms with Crippen molar-refractivity contribution in [3.63, 3.8) is 0 Å². The van der Waals surface area contributed by atoms with E-state index in [1.807, 2.05) is 18.5 Å². The Kier molecular flexibility index (Phi) is 5.01. The van der Waals surface area contributed by atoms with Crippen molar-refractivity contribution in [2.45, 2.75) is 46.8 Å². The Bertz CT molecular complexity index is 763. The quantitative estimate of drug-likeness (QED) is 0.593. The van der Waals surface area contributed by atoms with Crippen LogP contribution in [-0.2, 0) is 17.9 Å². The van der Waals surface area contributed by atoms with E-state index in [1.165, 1.54) is 10.9 Å². The molecule has 1 atom stereocenters. The summed E-state index contributed by atoms with van der Waals surface area (Å²) in [5, 5.41) is 19.3. The van der Waals surface area contributed by atoms with E-state index < -0.39 is 11.0 Å². The van der Waals surface area contributed by atoms with Crippen LogP contribution in [0.4, 0.5) is 5.69 Å². The highest BCUT2D eigenvalue weighted by molar-refractivity contribution is 5.79. The number of nitro groups is 1. The number of aromatic nitrogens is 4. The standard InChI is InChI=1S/C15H22N6O3/c1-6-19-11(3)13(7-16-19)8-18(5)15(22)12(4)20-9-14(21(23)24)10(2)17-20/h7,9,12H,6,8H2,1-5H3/t12-/m0/s1. The van der Waals surface area contributed by atoms with Crippen LogP contribution in [0.1, 0.15) is 36.8 Å². The molecule has 2 rings (SSSR count). The van der Waals surface area contributed by atoms with Crippen LogP contribution in [0.15, 0.2) is 12.4 Å². The number of aryl methyl sites for hydroxylation is 2. The predicted molar refractivity (Wildman–Crippen MR) is 87.4 cm³/mol. The number of nitrogens with zero attached hydrogens (tertiary/aromatic N) is 6. The molecule has 0 radical (unpaired) electrons. The Morgan fingerprint density at radius 1 is 1.46 bits per heavy atom. The van der Waals surface area contributed by atoms with E-state index in [1.54, 1.807) is 32.0 Å². The van der Waals surface area contributed by atoms with Crippen molar-refractivity contribution >= 4 is 11.6 Å². The highest BCUT2D eigenvalue weighted by Gasteiger charge is 2.25. The van der Waals surface area contributed by atoms with Crippen LogP contribution >= 0.6 is 0 Å². The normalized spacial score (nSPS) is 12.2. The van der Waals surface area contributed by atoms with Gasteiger partial charge in [0, 0.05) is 31.4 Å². The molecule has 2 heterocycles. The Morgan fingerprint density at radius 3 is 2.62 bits per heavy atom. The maximum atomic E-state index is 12.6. The van der Waals surface area contributed by atoms with Crippen molar-refractivity contribution in [3.8, 4) is 0 Å². The molecule has 1 amide bonds. The summed E-state index contributed by atoms with van der Waals surface area (Å²) in [4.78, 5) is 24.6.